The van der Waals surface area contributed by atoms with Gasteiger partial charge in [-0.15, -0.1) is 0 Å². The van der Waals surface area contributed by atoms with Gasteiger partial charge >= 0.3 is 0 Å². The van der Waals surface area contributed by atoms with E-state index in [1.165, 1.54) is 64.7 Å². The predicted molar refractivity (Wildman–Crippen MR) is 107 cm³/mol. The van der Waals surface area contributed by atoms with E-state index in [1.807, 2.05) is 0 Å². The monoisotopic (exact) mass is 346 g/mol. The van der Waals surface area contributed by atoms with Crippen LogP contribution in [-0.2, 0) is 0 Å². The zero-order valence-electron chi connectivity index (χ0n) is 17.8. The fourth-order valence-electron chi connectivity index (χ4n) is 6.48. The Morgan fingerprint density at radius 3 is 1.76 bits per heavy atom. The van der Waals surface area contributed by atoms with Gasteiger partial charge < -0.3 is 4.90 Å². The number of likely N-dealkylation sites (tertiary alicyclic amines) is 2. The van der Waals surface area contributed by atoms with E-state index in [0.717, 1.165) is 29.2 Å². The van der Waals surface area contributed by atoms with Crippen molar-refractivity contribution in [3.05, 3.63) is 0 Å². The molecule has 2 saturated carbocycles. The summed E-state index contributed by atoms with van der Waals surface area (Å²) < 4.78 is 0. The molecule has 0 aromatic heterocycles. The Labute approximate surface area is 156 Å². The third kappa shape index (κ3) is 3.43. The zero-order chi connectivity index (χ0) is 18.0. The molecule has 0 aromatic carbocycles. The van der Waals surface area contributed by atoms with Gasteiger partial charge in [0.2, 0.25) is 0 Å². The molecule has 1 spiro atoms. The molecule has 2 saturated heterocycles. The summed E-state index contributed by atoms with van der Waals surface area (Å²) in [6.45, 7) is 20.0. The van der Waals surface area contributed by atoms with E-state index in [2.05, 4.69) is 51.3 Å². The van der Waals surface area contributed by atoms with Gasteiger partial charge in [-0.25, -0.2) is 0 Å². The molecule has 2 aliphatic carbocycles. The minimum atomic E-state index is 0.366. The molecule has 4 aliphatic rings. The molecule has 0 amide bonds. The molecular formula is C23H42N2. The summed E-state index contributed by atoms with van der Waals surface area (Å²) in [6.07, 6.45) is 8.96. The molecule has 2 nitrogen and oxygen atoms in total. The minimum Gasteiger partial charge on any atom is -0.300 e. The van der Waals surface area contributed by atoms with Crippen molar-refractivity contribution < 1.29 is 0 Å². The highest BCUT2D eigenvalue weighted by molar-refractivity contribution is 5.03. The first kappa shape index (κ1) is 18.3. The lowest BCUT2D eigenvalue weighted by molar-refractivity contribution is -0.0631. The average molecular weight is 347 g/mol. The van der Waals surface area contributed by atoms with Crippen molar-refractivity contribution in [1.82, 2.24) is 9.80 Å². The fraction of sp³-hybridized carbons (Fsp3) is 1.00. The normalized spacial score (nSPS) is 37.4. The highest BCUT2D eigenvalue weighted by atomic mass is 15.2. The van der Waals surface area contributed by atoms with Crippen molar-refractivity contribution in [3.8, 4) is 0 Å². The van der Waals surface area contributed by atoms with Crippen molar-refractivity contribution in [2.45, 2.75) is 91.6 Å². The van der Waals surface area contributed by atoms with Gasteiger partial charge in [0.25, 0.3) is 0 Å². The summed E-state index contributed by atoms with van der Waals surface area (Å²) in [6, 6.07) is 0.910. The molecule has 1 unspecified atom stereocenters. The summed E-state index contributed by atoms with van der Waals surface area (Å²) in [4.78, 5) is 5.64. The van der Waals surface area contributed by atoms with Crippen LogP contribution < -0.4 is 0 Å². The molecule has 25 heavy (non-hydrogen) atoms. The van der Waals surface area contributed by atoms with Crippen molar-refractivity contribution in [2.24, 2.45) is 28.6 Å². The van der Waals surface area contributed by atoms with Crippen LogP contribution in [0.3, 0.4) is 0 Å². The van der Waals surface area contributed by atoms with Gasteiger partial charge in [0.05, 0.1) is 0 Å². The van der Waals surface area contributed by atoms with Crippen LogP contribution in [0.1, 0.15) is 80.1 Å². The van der Waals surface area contributed by atoms with Crippen LogP contribution >= 0.6 is 0 Å². The molecule has 3 atom stereocenters. The lowest BCUT2D eigenvalue weighted by atomic mass is 9.51. The van der Waals surface area contributed by atoms with E-state index in [4.69, 9.17) is 0 Å². The van der Waals surface area contributed by atoms with Gasteiger partial charge in [-0.1, -0.05) is 20.8 Å². The van der Waals surface area contributed by atoms with Crippen LogP contribution in [0.4, 0.5) is 0 Å². The second kappa shape index (κ2) is 5.96. The predicted octanol–water partition coefficient (Wildman–Crippen LogP) is 5.03. The molecular weight excluding hydrogens is 304 g/mol. The SMILES string of the molecule is CC(C)(C)C1CC2(CCN(C3C[C@@H]4CN(C(C)(C)C)C[C@@H]4C3)CC2)C1. The third-order valence-corrected chi connectivity index (χ3v) is 8.63. The Bertz CT molecular complexity index is 467. The van der Waals surface area contributed by atoms with Crippen LogP contribution in [0, 0.1) is 28.6 Å². The van der Waals surface area contributed by atoms with Gasteiger partial charge in [-0.3, -0.25) is 4.90 Å². The third-order valence-electron chi connectivity index (χ3n) is 8.63. The summed E-state index contributed by atoms with van der Waals surface area (Å²) in [7, 11) is 0. The first-order valence-electron chi connectivity index (χ1n) is 11.0. The van der Waals surface area contributed by atoms with Crippen LogP contribution in [-0.4, -0.2) is 47.6 Å². The molecule has 0 radical (unpaired) electrons. The van der Waals surface area contributed by atoms with Gasteiger partial charge in [-0.05, 0) is 101 Å². The number of hydrogen-bond acceptors (Lipinski definition) is 2. The molecule has 2 aliphatic heterocycles. The molecule has 4 fully saturated rings. The number of fused-ring (bicyclic) bond motifs is 1. The van der Waals surface area contributed by atoms with Gasteiger partial charge in [-0.2, -0.15) is 0 Å². The lowest BCUT2D eigenvalue weighted by Gasteiger charge is -2.57. The molecule has 2 heterocycles. The van der Waals surface area contributed by atoms with E-state index < -0.39 is 0 Å². The summed E-state index contributed by atoms with van der Waals surface area (Å²) in [5, 5.41) is 0. The van der Waals surface area contributed by atoms with Gasteiger partial charge in [0, 0.05) is 24.7 Å². The number of hydrogen-bond donors (Lipinski definition) is 0. The smallest absolute Gasteiger partial charge is 0.0125 e. The molecule has 0 aromatic rings. The topological polar surface area (TPSA) is 6.48 Å². The highest BCUT2D eigenvalue weighted by Gasteiger charge is 2.51. The van der Waals surface area contributed by atoms with Crippen LogP contribution in [0.25, 0.3) is 0 Å². The largest absolute Gasteiger partial charge is 0.300 e. The zero-order valence-corrected chi connectivity index (χ0v) is 17.8. The Kier molecular flexibility index (Phi) is 4.36. The molecule has 4 rings (SSSR count). The van der Waals surface area contributed by atoms with Crippen molar-refractivity contribution in [3.63, 3.8) is 0 Å². The Morgan fingerprint density at radius 2 is 1.32 bits per heavy atom. The maximum Gasteiger partial charge on any atom is 0.0125 e. The van der Waals surface area contributed by atoms with E-state index in [-0.39, 0.29) is 0 Å². The summed E-state index contributed by atoms with van der Waals surface area (Å²) in [5.41, 5.74) is 1.64. The summed E-state index contributed by atoms with van der Waals surface area (Å²) >= 11 is 0. The summed E-state index contributed by atoms with van der Waals surface area (Å²) in [5.74, 6) is 2.94. The quantitative estimate of drug-likeness (QED) is 0.657. The Morgan fingerprint density at radius 1 is 0.800 bits per heavy atom. The second-order valence-corrected chi connectivity index (χ2v) is 12.2. The first-order chi connectivity index (χ1) is 11.6. The highest BCUT2D eigenvalue weighted by Crippen LogP contribution is 2.58. The van der Waals surface area contributed by atoms with Crippen LogP contribution in [0.15, 0.2) is 0 Å². The molecule has 144 valence electrons. The minimum absolute atomic E-state index is 0.366. The average Bonchev–Trinajstić information content (AvgIpc) is 3.01. The number of rotatable bonds is 1. The van der Waals surface area contributed by atoms with Crippen LogP contribution in [0.5, 0.6) is 0 Å². The Balaban J connectivity index is 1.26. The van der Waals surface area contributed by atoms with Crippen molar-refractivity contribution >= 4 is 0 Å². The number of piperidine rings is 1. The van der Waals surface area contributed by atoms with Gasteiger partial charge in [0.1, 0.15) is 0 Å². The first-order valence-corrected chi connectivity index (χ1v) is 11.0. The van der Waals surface area contributed by atoms with Gasteiger partial charge in [0.15, 0.2) is 0 Å². The van der Waals surface area contributed by atoms with E-state index in [9.17, 15) is 0 Å². The van der Waals surface area contributed by atoms with E-state index >= 15 is 0 Å². The molecule has 0 N–H and O–H groups in total. The van der Waals surface area contributed by atoms with E-state index in [0.29, 0.717) is 11.0 Å². The second-order valence-electron chi connectivity index (χ2n) is 12.2. The fourth-order valence-corrected chi connectivity index (χ4v) is 6.48. The van der Waals surface area contributed by atoms with Crippen molar-refractivity contribution in [1.29, 1.82) is 0 Å². The van der Waals surface area contributed by atoms with E-state index in [1.54, 1.807) is 0 Å². The number of nitrogens with zero attached hydrogens (tertiary/aromatic N) is 2. The Hall–Kier alpha value is -0.0800. The lowest BCUT2D eigenvalue weighted by Crippen LogP contribution is -2.52. The van der Waals surface area contributed by atoms with Crippen molar-refractivity contribution in [2.75, 3.05) is 26.2 Å². The maximum absolute atomic E-state index is 2.90. The standard InChI is InChI=1S/C23H42N2/c1-21(2,3)19-13-23(14-19)7-9-24(10-8-23)20-11-17-15-25(22(4,5)6)16-18(17)12-20/h17-20H,7-16H2,1-6H3/t17-,18+,20?. The molecule has 2 heteroatoms. The molecule has 0 bridgehead atoms. The maximum atomic E-state index is 2.90. The van der Waals surface area contributed by atoms with Crippen LogP contribution in [0.2, 0.25) is 0 Å².